The minimum Gasteiger partial charge on any atom is -0.305 e. The summed E-state index contributed by atoms with van der Waals surface area (Å²) in [6, 6.07) is 15.9. The van der Waals surface area contributed by atoms with Crippen molar-refractivity contribution < 1.29 is 0 Å². The van der Waals surface area contributed by atoms with Crippen LogP contribution in [0.25, 0.3) is 10.6 Å². The third kappa shape index (κ3) is 4.33. The summed E-state index contributed by atoms with van der Waals surface area (Å²) in [5, 5.41) is 8.09. The van der Waals surface area contributed by atoms with Gasteiger partial charge in [0.1, 0.15) is 5.01 Å². The lowest BCUT2D eigenvalue weighted by Crippen LogP contribution is -2.18. The molecule has 0 fully saturated rings. The molecule has 0 aliphatic heterocycles. The van der Waals surface area contributed by atoms with E-state index < -0.39 is 0 Å². The van der Waals surface area contributed by atoms with Gasteiger partial charge in [-0.15, -0.1) is 11.3 Å². The highest BCUT2D eigenvalue weighted by Crippen LogP contribution is 2.25. The average molecular weight is 363 g/mol. The van der Waals surface area contributed by atoms with E-state index in [-0.39, 0.29) is 6.04 Å². The molecule has 0 unspecified atom stereocenters. The Hall–Kier alpha value is -1.39. The maximum Gasteiger partial charge on any atom is 0.123 e. The zero-order chi connectivity index (χ0) is 16.2. The molecule has 0 amide bonds. The Kier molecular flexibility index (Phi) is 5.34. The van der Waals surface area contributed by atoms with Gasteiger partial charge < -0.3 is 5.32 Å². The van der Waals surface area contributed by atoms with Crippen LogP contribution in [0, 0.1) is 0 Å². The van der Waals surface area contributed by atoms with Crippen molar-refractivity contribution in [2.45, 2.75) is 19.5 Å². The van der Waals surface area contributed by atoms with Gasteiger partial charge in [-0.05, 0) is 36.8 Å². The molecular weight excluding hydrogens is 347 g/mol. The molecule has 118 valence electrons. The quantitative estimate of drug-likeness (QED) is 0.604. The molecule has 5 heteroatoms. The average Bonchev–Trinajstić information content (AvgIpc) is 3.03. The second kappa shape index (κ2) is 7.45. The molecule has 3 aromatic rings. The van der Waals surface area contributed by atoms with Gasteiger partial charge >= 0.3 is 0 Å². The molecule has 0 aliphatic carbocycles. The zero-order valence-electron chi connectivity index (χ0n) is 12.6. The van der Waals surface area contributed by atoms with Gasteiger partial charge in [0.15, 0.2) is 0 Å². The first-order valence-corrected chi connectivity index (χ1v) is 8.94. The fraction of sp³-hybridized carbons (Fsp3) is 0.167. The molecule has 0 aliphatic rings. The van der Waals surface area contributed by atoms with Gasteiger partial charge in [0.2, 0.25) is 0 Å². The molecule has 0 spiro atoms. The summed E-state index contributed by atoms with van der Waals surface area (Å²) < 4.78 is 0. The largest absolute Gasteiger partial charge is 0.305 e. The van der Waals surface area contributed by atoms with Crippen LogP contribution in [0.1, 0.15) is 24.2 Å². The summed E-state index contributed by atoms with van der Waals surface area (Å²) in [5.41, 5.74) is 3.35. The molecule has 3 rings (SSSR count). The van der Waals surface area contributed by atoms with E-state index in [1.165, 1.54) is 5.56 Å². The lowest BCUT2D eigenvalue weighted by atomic mass is 10.1. The predicted octanol–water partition coefficient (Wildman–Crippen LogP) is 5.97. The lowest BCUT2D eigenvalue weighted by molar-refractivity contribution is 0.569. The Balaban J connectivity index is 1.63. The van der Waals surface area contributed by atoms with Crippen molar-refractivity contribution in [1.29, 1.82) is 0 Å². The fourth-order valence-electron chi connectivity index (χ4n) is 2.24. The first-order chi connectivity index (χ1) is 11.1. The maximum atomic E-state index is 5.92. The summed E-state index contributed by atoms with van der Waals surface area (Å²) in [6.45, 7) is 2.86. The van der Waals surface area contributed by atoms with Crippen molar-refractivity contribution >= 4 is 34.5 Å². The Bertz CT molecular complexity index is 766. The fourth-order valence-corrected chi connectivity index (χ4v) is 3.32. The third-order valence-corrected chi connectivity index (χ3v) is 5.05. The van der Waals surface area contributed by atoms with Gasteiger partial charge in [-0.3, -0.25) is 0 Å². The van der Waals surface area contributed by atoms with Crippen molar-refractivity contribution in [3.8, 4) is 10.6 Å². The van der Waals surface area contributed by atoms with E-state index in [2.05, 4.69) is 22.6 Å². The van der Waals surface area contributed by atoms with Gasteiger partial charge in [0.05, 0.1) is 5.69 Å². The van der Waals surface area contributed by atoms with Crippen LogP contribution in [0.4, 0.5) is 0 Å². The number of thiazole rings is 1. The Morgan fingerprint density at radius 2 is 1.61 bits per heavy atom. The van der Waals surface area contributed by atoms with Crippen LogP contribution in [0.5, 0.6) is 0 Å². The normalized spacial score (nSPS) is 12.3. The van der Waals surface area contributed by atoms with Gasteiger partial charge in [-0.2, -0.15) is 0 Å². The van der Waals surface area contributed by atoms with Gasteiger partial charge in [0, 0.05) is 33.6 Å². The first kappa shape index (κ1) is 16.5. The Labute approximate surface area is 150 Å². The smallest absolute Gasteiger partial charge is 0.123 e. The minimum atomic E-state index is 0.243. The highest BCUT2D eigenvalue weighted by atomic mass is 35.5. The summed E-state index contributed by atoms with van der Waals surface area (Å²) in [6.07, 6.45) is 0. The van der Waals surface area contributed by atoms with E-state index in [0.29, 0.717) is 0 Å². The molecule has 23 heavy (non-hydrogen) atoms. The zero-order valence-corrected chi connectivity index (χ0v) is 14.9. The maximum absolute atomic E-state index is 5.92. The Morgan fingerprint density at radius 1 is 1.00 bits per heavy atom. The van der Waals surface area contributed by atoms with Crippen LogP contribution in [0.3, 0.4) is 0 Å². The molecule has 1 aromatic heterocycles. The minimum absolute atomic E-state index is 0.243. The molecule has 2 aromatic carbocycles. The number of nitrogens with one attached hydrogen (secondary N) is 1. The summed E-state index contributed by atoms with van der Waals surface area (Å²) >= 11 is 13.5. The number of hydrogen-bond donors (Lipinski definition) is 1. The van der Waals surface area contributed by atoms with Gasteiger partial charge in [-0.25, -0.2) is 4.98 Å². The number of halogens is 2. The topological polar surface area (TPSA) is 24.9 Å². The molecular formula is C18H16Cl2N2S. The van der Waals surface area contributed by atoms with Gasteiger partial charge in [0.25, 0.3) is 0 Å². The second-order valence-electron chi connectivity index (χ2n) is 5.31. The van der Waals surface area contributed by atoms with Crippen LogP contribution < -0.4 is 5.32 Å². The monoisotopic (exact) mass is 362 g/mol. The van der Waals surface area contributed by atoms with Crippen molar-refractivity contribution in [1.82, 2.24) is 10.3 Å². The van der Waals surface area contributed by atoms with Crippen molar-refractivity contribution in [2.75, 3.05) is 0 Å². The van der Waals surface area contributed by atoms with Crippen LogP contribution in [0.2, 0.25) is 10.0 Å². The van der Waals surface area contributed by atoms with E-state index in [1.807, 2.05) is 48.5 Å². The van der Waals surface area contributed by atoms with Gasteiger partial charge in [-0.1, -0.05) is 47.5 Å². The van der Waals surface area contributed by atoms with Crippen LogP contribution in [0.15, 0.2) is 53.9 Å². The van der Waals surface area contributed by atoms with E-state index in [9.17, 15) is 0 Å². The van der Waals surface area contributed by atoms with Crippen LogP contribution >= 0.6 is 34.5 Å². The van der Waals surface area contributed by atoms with Crippen molar-refractivity contribution in [3.63, 3.8) is 0 Å². The molecule has 0 saturated carbocycles. The molecule has 2 nitrogen and oxygen atoms in total. The predicted molar refractivity (Wildman–Crippen MR) is 99.3 cm³/mol. The second-order valence-corrected chi connectivity index (χ2v) is 7.04. The lowest BCUT2D eigenvalue weighted by Gasteiger charge is -2.13. The number of nitrogens with zero attached hydrogens (tertiary/aromatic N) is 1. The van der Waals surface area contributed by atoms with Crippen LogP contribution in [-0.2, 0) is 6.54 Å². The standard InChI is InChI=1S/C18H16Cl2N2S/c1-12(13-2-6-15(19)7-3-13)21-10-17-11-23-18(22-17)14-4-8-16(20)9-5-14/h2-9,11-12,21H,10H2,1H3/t12-/m0/s1. The number of rotatable bonds is 5. The summed E-state index contributed by atoms with van der Waals surface area (Å²) in [4.78, 5) is 4.68. The van der Waals surface area contributed by atoms with Crippen molar-refractivity contribution in [3.05, 3.63) is 75.2 Å². The summed E-state index contributed by atoms with van der Waals surface area (Å²) in [5.74, 6) is 0. The van der Waals surface area contributed by atoms with E-state index in [4.69, 9.17) is 23.2 Å². The van der Waals surface area contributed by atoms with Crippen LogP contribution in [-0.4, -0.2) is 4.98 Å². The molecule has 1 N–H and O–H groups in total. The number of aromatic nitrogens is 1. The molecule has 0 saturated heterocycles. The number of hydrogen-bond acceptors (Lipinski definition) is 3. The first-order valence-electron chi connectivity index (χ1n) is 7.31. The third-order valence-electron chi connectivity index (χ3n) is 3.60. The number of benzene rings is 2. The molecule has 1 heterocycles. The highest BCUT2D eigenvalue weighted by Gasteiger charge is 2.08. The van der Waals surface area contributed by atoms with E-state index >= 15 is 0 Å². The van der Waals surface area contributed by atoms with E-state index in [0.717, 1.165) is 32.9 Å². The Morgan fingerprint density at radius 3 is 2.26 bits per heavy atom. The molecule has 0 radical (unpaired) electrons. The van der Waals surface area contributed by atoms with E-state index in [1.54, 1.807) is 11.3 Å². The molecule has 1 atom stereocenters. The summed E-state index contributed by atoms with van der Waals surface area (Å²) in [7, 11) is 0. The SMILES string of the molecule is C[C@H](NCc1csc(-c2ccc(Cl)cc2)n1)c1ccc(Cl)cc1. The van der Waals surface area contributed by atoms with Crippen molar-refractivity contribution in [2.24, 2.45) is 0 Å². The molecule has 0 bridgehead atoms. The highest BCUT2D eigenvalue weighted by molar-refractivity contribution is 7.13.